The largest absolute Gasteiger partial charge is 0.147 e. The van der Waals surface area contributed by atoms with Gasteiger partial charge in [0.2, 0.25) is 0 Å². The Labute approximate surface area is 80.5 Å². The third kappa shape index (κ3) is 11.8. The van der Waals surface area contributed by atoms with Crippen LogP contribution < -0.4 is 0 Å². The van der Waals surface area contributed by atoms with E-state index < -0.39 is 0 Å². The molecule has 0 spiro atoms. The monoisotopic (exact) mass is 198 g/mol. The molecule has 0 aromatic carbocycles. The molecule has 0 amide bonds. The normalized spacial score (nSPS) is 9.80. The van der Waals surface area contributed by atoms with E-state index in [0.717, 1.165) is 11.8 Å². The molecular formula is C8H19ClTi. The molecular weight excluding hydrogens is 179 g/mol. The fraction of sp³-hybridized carbons (Fsp3) is 1.00. The van der Waals surface area contributed by atoms with Gasteiger partial charge in [-0.3, -0.25) is 0 Å². The first-order valence-electron chi connectivity index (χ1n) is 3.83. The second kappa shape index (κ2) is 8.10. The van der Waals surface area contributed by atoms with Crippen LogP contribution in [-0.4, -0.2) is 0 Å². The zero-order valence-corrected chi connectivity index (χ0v) is 9.86. The molecule has 0 fully saturated rings. The van der Waals surface area contributed by atoms with Crippen LogP contribution in [0.4, 0.5) is 0 Å². The molecule has 10 heavy (non-hydrogen) atoms. The molecule has 0 aliphatic heterocycles. The van der Waals surface area contributed by atoms with Crippen LogP contribution in [0.5, 0.6) is 0 Å². The zero-order chi connectivity index (χ0) is 7.28. The quantitative estimate of drug-likeness (QED) is 0.605. The smallest absolute Gasteiger partial charge is 0.147 e. The van der Waals surface area contributed by atoms with E-state index >= 15 is 0 Å². The van der Waals surface area contributed by atoms with Gasteiger partial charge in [-0.05, 0) is 0 Å². The molecule has 0 rings (SSSR count). The third-order valence-electron chi connectivity index (χ3n) is 1.11. The second-order valence-corrected chi connectivity index (χ2v) is 5.50. The van der Waals surface area contributed by atoms with Crippen molar-refractivity contribution in [2.45, 2.75) is 37.1 Å². The molecule has 0 saturated heterocycles. The summed E-state index contributed by atoms with van der Waals surface area (Å²) in [5.41, 5.74) is 0. The van der Waals surface area contributed by atoms with Crippen LogP contribution in [-0.2, 0) is 19.2 Å². The Kier molecular flexibility index (Phi) is 11.0. The Morgan fingerprint density at radius 2 is 1.20 bits per heavy atom. The van der Waals surface area contributed by atoms with Crippen molar-refractivity contribution in [3.63, 3.8) is 0 Å². The van der Waals surface area contributed by atoms with E-state index in [1.807, 2.05) is 0 Å². The minimum Gasteiger partial charge on any atom is -0.147 e. The van der Waals surface area contributed by atoms with Crippen LogP contribution in [0.1, 0.15) is 27.7 Å². The topological polar surface area (TPSA) is 0 Å². The first kappa shape index (κ1) is 13.6. The van der Waals surface area contributed by atoms with Crippen molar-refractivity contribution in [1.29, 1.82) is 0 Å². The van der Waals surface area contributed by atoms with Crippen molar-refractivity contribution < 1.29 is 19.2 Å². The summed E-state index contributed by atoms with van der Waals surface area (Å²) in [7, 11) is 0. The van der Waals surface area contributed by atoms with Crippen molar-refractivity contribution in [3.8, 4) is 0 Å². The summed E-state index contributed by atoms with van der Waals surface area (Å²) in [6.07, 6.45) is 0. The maximum absolute atomic E-state index is 2.32. The van der Waals surface area contributed by atoms with Gasteiger partial charge in [-0.1, -0.05) is 0 Å². The first-order valence-corrected chi connectivity index (χ1v) is 6.04. The van der Waals surface area contributed by atoms with Crippen molar-refractivity contribution in [1.82, 2.24) is 0 Å². The van der Waals surface area contributed by atoms with Gasteiger partial charge in [-0.2, -0.15) is 0 Å². The molecule has 2 heteroatoms. The predicted octanol–water partition coefficient (Wildman–Crippen LogP) is 3.64. The summed E-state index contributed by atoms with van der Waals surface area (Å²) < 4.78 is 3.05. The average Bonchev–Trinajstić information content (AvgIpc) is 1.63. The van der Waals surface area contributed by atoms with E-state index in [-0.39, 0.29) is 12.4 Å². The van der Waals surface area contributed by atoms with Crippen molar-refractivity contribution in [2.75, 3.05) is 0 Å². The summed E-state index contributed by atoms with van der Waals surface area (Å²) in [5.74, 6) is 1.90. The van der Waals surface area contributed by atoms with Gasteiger partial charge in [-0.25, -0.2) is 0 Å². The van der Waals surface area contributed by atoms with E-state index in [0.29, 0.717) is 19.2 Å². The Hall–Kier alpha value is 1.00. The third-order valence-corrected chi connectivity index (χ3v) is 4.56. The fourth-order valence-electron chi connectivity index (χ4n) is 0.661. The van der Waals surface area contributed by atoms with E-state index in [1.54, 1.807) is 0 Å². The first-order chi connectivity index (χ1) is 4.13. The molecule has 0 aromatic rings. The number of halogens is 1. The van der Waals surface area contributed by atoms with Crippen LogP contribution in [0.25, 0.3) is 0 Å². The maximum Gasteiger partial charge on any atom is -0.147 e. The van der Waals surface area contributed by atoms with Crippen LogP contribution in [0.15, 0.2) is 0 Å². The minimum absolute atomic E-state index is 0. The van der Waals surface area contributed by atoms with Crippen LogP contribution in [0.3, 0.4) is 0 Å². The SMILES string of the molecule is CC(C)[CH2][Ti][CH2]C(C)C.Cl. The van der Waals surface area contributed by atoms with E-state index in [9.17, 15) is 0 Å². The van der Waals surface area contributed by atoms with Crippen LogP contribution in [0, 0.1) is 11.8 Å². The maximum atomic E-state index is 2.32. The number of rotatable bonds is 4. The Morgan fingerprint density at radius 3 is 1.40 bits per heavy atom. The molecule has 0 bridgehead atoms. The van der Waals surface area contributed by atoms with Crippen LogP contribution in [0.2, 0.25) is 9.45 Å². The van der Waals surface area contributed by atoms with Gasteiger partial charge < -0.3 is 0 Å². The average molecular weight is 199 g/mol. The molecule has 0 aliphatic carbocycles. The van der Waals surface area contributed by atoms with Crippen molar-refractivity contribution >= 4 is 12.4 Å². The molecule has 0 aliphatic rings. The van der Waals surface area contributed by atoms with Crippen LogP contribution >= 0.6 is 12.4 Å². The summed E-state index contributed by atoms with van der Waals surface area (Å²) in [6, 6.07) is 0. The summed E-state index contributed by atoms with van der Waals surface area (Å²) in [4.78, 5) is 0. The summed E-state index contributed by atoms with van der Waals surface area (Å²) >= 11 is 0.426. The molecule has 0 saturated carbocycles. The summed E-state index contributed by atoms with van der Waals surface area (Å²) in [5, 5.41) is 0. The van der Waals surface area contributed by atoms with E-state index in [1.165, 1.54) is 9.45 Å². The fourth-order valence-corrected chi connectivity index (χ4v) is 2.72. The molecule has 0 heterocycles. The van der Waals surface area contributed by atoms with E-state index in [2.05, 4.69) is 27.7 Å². The van der Waals surface area contributed by atoms with Crippen molar-refractivity contribution in [3.05, 3.63) is 0 Å². The second-order valence-electron chi connectivity index (χ2n) is 3.45. The minimum atomic E-state index is 0. The molecule has 62 valence electrons. The number of hydrogen-bond acceptors (Lipinski definition) is 0. The van der Waals surface area contributed by atoms with E-state index in [4.69, 9.17) is 0 Å². The zero-order valence-electron chi connectivity index (χ0n) is 7.48. The molecule has 0 nitrogen and oxygen atoms in total. The van der Waals surface area contributed by atoms with Gasteiger partial charge in [0.1, 0.15) is 0 Å². The molecule has 0 radical (unpaired) electrons. The molecule has 0 unspecified atom stereocenters. The Bertz CT molecular complexity index is 54.3. The van der Waals surface area contributed by atoms with Gasteiger partial charge >= 0.3 is 68.1 Å². The Morgan fingerprint density at radius 1 is 0.900 bits per heavy atom. The van der Waals surface area contributed by atoms with Gasteiger partial charge in [0.05, 0.1) is 0 Å². The van der Waals surface area contributed by atoms with Gasteiger partial charge in [-0.15, -0.1) is 12.4 Å². The van der Waals surface area contributed by atoms with Gasteiger partial charge in [0.15, 0.2) is 0 Å². The standard InChI is InChI=1S/2C4H9.ClH.Ti/c2*1-4(2)3;;/h2*4H,1H2,2-3H3;1H;. The predicted molar refractivity (Wildman–Crippen MR) is 46.5 cm³/mol. The Balaban J connectivity index is 0. The number of hydrogen-bond donors (Lipinski definition) is 0. The molecule has 0 aromatic heterocycles. The summed E-state index contributed by atoms with van der Waals surface area (Å²) in [6.45, 7) is 9.29. The molecule has 0 atom stereocenters. The van der Waals surface area contributed by atoms with Gasteiger partial charge in [0, 0.05) is 0 Å². The van der Waals surface area contributed by atoms with Gasteiger partial charge in [0.25, 0.3) is 0 Å². The molecule has 0 N–H and O–H groups in total. The van der Waals surface area contributed by atoms with Crippen molar-refractivity contribution in [2.24, 2.45) is 11.8 Å².